The number of fused-ring (bicyclic) bond motifs is 1. The van der Waals surface area contributed by atoms with Crippen LogP contribution in [0.15, 0.2) is 6.20 Å². The molecule has 0 atom stereocenters. The summed E-state index contributed by atoms with van der Waals surface area (Å²) < 4.78 is 0. The molecule has 0 N–H and O–H groups in total. The van der Waals surface area contributed by atoms with Crippen LogP contribution < -0.4 is 0 Å². The Kier molecular flexibility index (Phi) is 2.10. The summed E-state index contributed by atoms with van der Waals surface area (Å²) in [5, 5.41) is 0. The van der Waals surface area contributed by atoms with Gasteiger partial charge >= 0.3 is 0 Å². The molecule has 0 unspecified atom stereocenters. The van der Waals surface area contributed by atoms with Crippen LogP contribution in [0.2, 0.25) is 0 Å². The molecular weight excluding hydrogens is 176 g/mol. The molecule has 0 amide bonds. The monoisotopic (exact) mass is 190 g/mol. The largest absolute Gasteiger partial charge is 0.296 e. The maximum Gasteiger partial charge on any atom is 0.170 e. The lowest BCUT2D eigenvalue weighted by Gasteiger charge is -2.30. The van der Waals surface area contributed by atoms with E-state index in [2.05, 4.69) is 23.8 Å². The van der Waals surface area contributed by atoms with Crippen molar-refractivity contribution < 1.29 is 4.79 Å². The van der Waals surface area contributed by atoms with Gasteiger partial charge in [-0.1, -0.05) is 13.8 Å². The summed E-state index contributed by atoms with van der Waals surface area (Å²) in [7, 11) is 0. The number of carbonyl (C=O) groups excluding carboxylic acids is 1. The van der Waals surface area contributed by atoms with E-state index >= 15 is 0 Å². The first-order valence-corrected chi connectivity index (χ1v) is 4.95. The van der Waals surface area contributed by atoms with Gasteiger partial charge in [0.2, 0.25) is 0 Å². The van der Waals surface area contributed by atoms with Crippen LogP contribution in [0.5, 0.6) is 0 Å². The predicted molar refractivity (Wildman–Crippen MR) is 53.4 cm³/mol. The standard InChI is InChI=1S/C11H14N2O/c1-11(2)5-3-4-9-10(11)12-6-8(7-14)13-9/h6-7H,3-5H2,1-2H3. The summed E-state index contributed by atoms with van der Waals surface area (Å²) in [6.07, 6.45) is 5.56. The van der Waals surface area contributed by atoms with Crippen LogP contribution in [0.3, 0.4) is 0 Å². The van der Waals surface area contributed by atoms with E-state index in [-0.39, 0.29) is 5.41 Å². The third-order valence-electron chi connectivity index (χ3n) is 2.84. The Morgan fingerprint density at radius 1 is 1.50 bits per heavy atom. The fraction of sp³-hybridized carbons (Fsp3) is 0.545. The Morgan fingerprint density at radius 2 is 2.29 bits per heavy atom. The zero-order valence-corrected chi connectivity index (χ0v) is 8.58. The minimum Gasteiger partial charge on any atom is -0.296 e. The molecule has 0 fully saturated rings. The van der Waals surface area contributed by atoms with Crippen LogP contribution >= 0.6 is 0 Å². The Labute approximate surface area is 83.6 Å². The van der Waals surface area contributed by atoms with Gasteiger partial charge in [-0.25, -0.2) is 4.98 Å². The lowest BCUT2D eigenvalue weighted by molar-refractivity contribution is 0.111. The normalized spacial score (nSPS) is 18.7. The van der Waals surface area contributed by atoms with Gasteiger partial charge in [-0.3, -0.25) is 9.78 Å². The van der Waals surface area contributed by atoms with Gasteiger partial charge in [0.25, 0.3) is 0 Å². The number of aromatic nitrogens is 2. The van der Waals surface area contributed by atoms with Gasteiger partial charge in [0, 0.05) is 5.41 Å². The minimum absolute atomic E-state index is 0.113. The maximum atomic E-state index is 10.6. The van der Waals surface area contributed by atoms with E-state index in [1.807, 2.05) is 0 Å². The molecule has 0 saturated heterocycles. The Hall–Kier alpha value is -1.25. The van der Waals surface area contributed by atoms with Gasteiger partial charge in [-0.2, -0.15) is 0 Å². The summed E-state index contributed by atoms with van der Waals surface area (Å²) in [6.45, 7) is 4.36. The highest BCUT2D eigenvalue weighted by Gasteiger charge is 2.29. The van der Waals surface area contributed by atoms with Gasteiger partial charge in [0.1, 0.15) is 5.69 Å². The molecule has 3 heteroatoms. The molecule has 0 radical (unpaired) electrons. The van der Waals surface area contributed by atoms with E-state index in [9.17, 15) is 4.79 Å². The van der Waals surface area contributed by atoms with Crippen molar-refractivity contribution in [3.63, 3.8) is 0 Å². The first-order chi connectivity index (χ1) is 6.63. The van der Waals surface area contributed by atoms with Crippen molar-refractivity contribution in [2.45, 2.75) is 38.5 Å². The van der Waals surface area contributed by atoms with Crippen molar-refractivity contribution in [2.24, 2.45) is 0 Å². The average Bonchev–Trinajstić information content (AvgIpc) is 2.16. The van der Waals surface area contributed by atoms with Crippen molar-refractivity contribution in [2.75, 3.05) is 0 Å². The predicted octanol–water partition coefficient (Wildman–Crippen LogP) is 1.90. The fourth-order valence-corrected chi connectivity index (χ4v) is 2.06. The highest BCUT2D eigenvalue weighted by molar-refractivity contribution is 5.71. The zero-order valence-electron chi connectivity index (χ0n) is 8.58. The molecule has 14 heavy (non-hydrogen) atoms. The van der Waals surface area contributed by atoms with E-state index in [4.69, 9.17) is 0 Å². The first-order valence-electron chi connectivity index (χ1n) is 4.95. The lowest BCUT2D eigenvalue weighted by Crippen LogP contribution is -2.26. The molecule has 1 aliphatic rings. The fourth-order valence-electron chi connectivity index (χ4n) is 2.06. The quantitative estimate of drug-likeness (QED) is 0.635. The number of aryl methyl sites for hydroxylation is 1. The van der Waals surface area contributed by atoms with E-state index in [1.54, 1.807) is 6.20 Å². The number of hydrogen-bond acceptors (Lipinski definition) is 3. The molecule has 0 aliphatic heterocycles. The van der Waals surface area contributed by atoms with Crippen molar-refractivity contribution in [3.8, 4) is 0 Å². The number of hydrogen-bond donors (Lipinski definition) is 0. The van der Waals surface area contributed by atoms with Crippen LogP contribution in [-0.2, 0) is 11.8 Å². The van der Waals surface area contributed by atoms with Crippen LogP contribution in [0.4, 0.5) is 0 Å². The molecule has 3 nitrogen and oxygen atoms in total. The number of rotatable bonds is 1. The zero-order chi connectivity index (χ0) is 10.2. The second kappa shape index (κ2) is 3.15. The molecular formula is C11H14N2O. The van der Waals surface area contributed by atoms with E-state index in [1.165, 1.54) is 0 Å². The van der Waals surface area contributed by atoms with E-state index in [0.29, 0.717) is 5.69 Å². The molecule has 0 saturated carbocycles. The Morgan fingerprint density at radius 3 is 3.00 bits per heavy atom. The second-order valence-corrected chi connectivity index (χ2v) is 4.45. The molecule has 2 rings (SSSR count). The molecule has 1 heterocycles. The third-order valence-corrected chi connectivity index (χ3v) is 2.84. The summed E-state index contributed by atoms with van der Waals surface area (Å²) in [6, 6.07) is 0. The van der Waals surface area contributed by atoms with Crippen molar-refractivity contribution >= 4 is 6.29 Å². The molecule has 1 aliphatic carbocycles. The van der Waals surface area contributed by atoms with Gasteiger partial charge in [0.05, 0.1) is 17.6 Å². The molecule has 1 aromatic heterocycles. The third kappa shape index (κ3) is 1.43. The molecule has 0 bridgehead atoms. The smallest absolute Gasteiger partial charge is 0.170 e. The Balaban J connectivity index is 2.51. The number of carbonyl (C=O) groups is 1. The minimum atomic E-state index is 0.113. The Bertz CT molecular complexity index is 372. The number of aldehydes is 1. The van der Waals surface area contributed by atoms with Gasteiger partial charge in [0.15, 0.2) is 6.29 Å². The summed E-state index contributed by atoms with van der Waals surface area (Å²) in [5.74, 6) is 0. The lowest BCUT2D eigenvalue weighted by atomic mass is 9.77. The highest BCUT2D eigenvalue weighted by atomic mass is 16.1. The van der Waals surface area contributed by atoms with Crippen molar-refractivity contribution in [3.05, 3.63) is 23.3 Å². The highest BCUT2D eigenvalue weighted by Crippen LogP contribution is 2.33. The SMILES string of the molecule is CC1(C)CCCc2nc(C=O)cnc21. The van der Waals surface area contributed by atoms with Crippen LogP contribution in [0.1, 0.15) is 48.6 Å². The second-order valence-electron chi connectivity index (χ2n) is 4.45. The van der Waals surface area contributed by atoms with Gasteiger partial charge in [-0.15, -0.1) is 0 Å². The van der Waals surface area contributed by atoms with Crippen molar-refractivity contribution in [1.82, 2.24) is 9.97 Å². The molecule has 1 aromatic rings. The first kappa shape index (κ1) is 9.31. The van der Waals surface area contributed by atoms with Gasteiger partial charge in [-0.05, 0) is 19.3 Å². The van der Waals surface area contributed by atoms with Crippen LogP contribution in [0.25, 0.3) is 0 Å². The molecule has 74 valence electrons. The summed E-state index contributed by atoms with van der Waals surface area (Å²) in [5.41, 5.74) is 2.63. The average molecular weight is 190 g/mol. The van der Waals surface area contributed by atoms with Crippen LogP contribution in [0, 0.1) is 0 Å². The maximum absolute atomic E-state index is 10.6. The topological polar surface area (TPSA) is 42.9 Å². The van der Waals surface area contributed by atoms with E-state index in [0.717, 1.165) is 36.9 Å². The molecule has 0 spiro atoms. The number of nitrogens with zero attached hydrogens (tertiary/aromatic N) is 2. The summed E-state index contributed by atoms with van der Waals surface area (Å²) >= 11 is 0. The van der Waals surface area contributed by atoms with E-state index < -0.39 is 0 Å². The molecule has 0 aromatic carbocycles. The summed E-state index contributed by atoms with van der Waals surface area (Å²) in [4.78, 5) is 19.2. The van der Waals surface area contributed by atoms with Crippen molar-refractivity contribution in [1.29, 1.82) is 0 Å². The van der Waals surface area contributed by atoms with Gasteiger partial charge < -0.3 is 0 Å². The van der Waals surface area contributed by atoms with Crippen LogP contribution in [-0.4, -0.2) is 16.3 Å².